The van der Waals surface area contributed by atoms with Crippen LogP contribution in [0.4, 0.5) is 5.82 Å². The van der Waals surface area contributed by atoms with Crippen molar-refractivity contribution in [3.8, 4) is 11.3 Å². The maximum atomic E-state index is 12.9. The summed E-state index contributed by atoms with van der Waals surface area (Å²) in [5.41, 5.74) is 11.5. The summed E-state index contributed by atoms with van der Waals surface area (Å²) in [5.74, 6) is 0.352. The molecule has 0 saturated carbocycles. The van der Waals surface area contributed by atoms with Gasteiger partial charge in [0.05, 0.1) is 31.5 Å². The number of nitrogens with zero attached hydrogens (tertiary/aromatic N) is 4. The molecule has 1 saturated heterocycles. The van der Waals surface area contributed by atoms with Gasteiger partial charge < -0.3 is 20.4 Å². The standard InChI is InChI=1S/C27H30N6O3/c1-3-17-8-9-19(27(28)35)18(4-2)22(17)15-33-16-23(30-31-33)20-6-5-7-21-24(34)14-25(29-26(20)21)32-10-12-36-13-11-32/h5-9,14,16H,3-4,10-13,15H2,1-2H3,(H2,28,35)(H,29,34). The van der Waals surface area contributed by atoms with E-state index >= 15 is 0 Å². The van der Waals surface area contributed by atoms with E-state index in [4.69, 9.17) is 10.5 Å². The summed E-state index contributed by atoms with van der Waals surface area (Å²) in [6.45, 7) is 7.30. The highest BCUT2D eigenvalue weighted by molar-refractivity contribution is 5.95. The van der Waals surface area contributed by atoms with Crippen LogP contribution in [-0.2, 0) is 24.1 Å². The molecule has 1 aliphatic heterocycles. The van der Waals surface area contributed by atoms with Gasteiger partial charge in [0.25, 0.3) is 0 Å². The van der Waals surface area contributed by atoms with Crippen LogP contribution in [0.15, 0.2) is 47.4 Å². The number of rotatable bonds is 7. The van der Waals surface area contributed by atoms with Crippen LogP contribution < -0.4 is 16.1 Å². The van der Waals surface area contributed by atoms with Gasteiger partial charge >= 0.3 is 0 Å². The summed E-state index contributed by atoms with van der Waals surface area (Å²) in [5, 5.41) is 9.43. The lowest BCUT2D eigenvalue weighted by molar-refractivity contribution is 0.0999. The fourth-order valence-corrected chi connectivity index (χ4v) is 5.01. The third-order valence-corrected chi connectivity index (χ3v) is 6.87. The van der Waals surface area contributed by atoms with Crippen molar-refractivity contribution in [1.82, 2.24) is 20.0 Å². The molecule has 4 aromatic rings. The second-order valence-electron chi connectivity index (χ2n) is 8.95. The van der Waals surface area contributed by atoms with Crippen LogP contribution in [-0.4, -0.2) is 52.2 Å². The number of nitrogens with one attached hydrogen (secondary N) is 1. The molecule has 0 radical (unpaired) electrons. The molecule has 9 nitrogen and oxygen atoms in total. The molecule has 1 fully saturated rings. The number of aromatic nitrogens is 4. The average molecular weight is 487 g/mol. The number of aryl methyl sites for hydroxylation is 1. The molecule has 186 valence electrons. The number of hydrogen-bond acceptors (Lipinski definition) is 6. The molecule has 5 rings (SSSR count). The summed E-state index contributed by atoms with van der Waals surface area (Å²) in [6.07, 6.45) is 3.40. The van der Waals surface area contributed by atoms with Crippen LogP contribution in [0.2, 0.25) is 0 Å². The number of benzene rings is 2. The molecule has 9 heteroatoms. The third-order valence-electron chi connectivity index (χ3n) is 6.87. The predicted molar refractivity (Wildman–Crippen MR) is 139 cm³/mol. The first-order chi connectivity index (χ1) is 17.5. The highest BCUT2D eigenvalue weighted by Gasteiger charge is 2.18. The zero-order chi connectivity index (χ0) is 25.2. The lowest BCUT2D eigenvalue weighted by Gasteiger charge is -2.28. The number of pyridine rings is 1. The molecule has 0 bridgehead atoms. The van der Waals surface area contributed by atoms with E-state index in [1.807, 2.05) is 43.5 Å². The van der Waals surface area contributed by atoms with E-state index in [-0.39, 0.29) is 5.43 Å². The van der Waals surface area contributed by atoms with Crippen LogP contribution in [0.5, 0.6) is 0 Å². The van der Waals surface area contributed by atoms with Crippen molar-refractivity contribution in [2.75, 3.05) is 31.2 Å². The highest BCUT2D eigenvalue weighted by Crippen LogP contribution is 2.27. The number of morpholine rings is 1. The summed E-state index contributed by atoms with van der Waals surface area (Å²) in [4.78, 5) is 30.5. The van der Waals surface area contributed by atoms with Crippen molar-refractivity contribution in [3.63, 3.8) is 0 Å². The van der Waals surface area contributed by atoms with E-state index in [2.05, 4.69) is 27.1 Å². The molecule has 0 unspecified atom stereocenters. The minimum atomic E-state index is -0.425. The van der Waals surface area contributed by atoms with Gasteiger partial charge in [0.2, 0.25) is 5.91 Å². The van der Waals surface area contributed by atoms with Gasteiger partial charge in [-0.25, -0.2) is 4.68 Å². The molecule has 1 amide bonds. The number of carbonyl (C=O) groups is 1. The molecule has 0 atom stereocenters. The SMILES string of the molecule is CCc1ccc(C(N)=O)c(CC)c1Cn1cc(-c2cccc3c(=O)cc(N4CCOCC4)[nH]c23)nn1. The van der Waals surface area contributed by atoms with Gasteiger partial charge in [-0.15, -0.1) is 5.10 Å². The van der Waals surface area contributed by atoms with Crippen molar-refractivity contribution in [3.05, 3.63) is 75.1 Å². The Morgan fingerprint density at radius 3 is 2.64 bits per heavy atom. The van der Waals surface area contributed by atoms with Crippen molar-refractivity contribution in [2.45, 2.75) is 33.2 Å². The Morgan fingerprint density at radius 2 is 1.92 bits per heavy atom. The number of hydrogen-bond donors (Lipinski definition) is 2. The van der Waals surface area contributed by atoms with Gasteiger partial charge in [-0.05, 0) is 41.7 Å². The van der Waals surface area contributed by atoms with E-state index in [0.29, 0.717) is 42.8 Å². The summed E-state index contributed by atoms with van der Waals surface area (Å²) < 4.78 is 7.23. The zero-order valence-electron chi connectivity index (χ0n) is 20.6. The van der Waals surface area contributed by atoms with E-state index in [0.717, 1.165) is 53.1 Å². The van der Waals surface area contributed by atoms with Gasteiger partial charge in [0.15, 0.2) is 5.43 Å². The van der Waals surface area contributed by atoms with Gasteiger partial charge in [0.1, 0.15) is 11.5 Å². The summed E-state index contributed by atoms with van der Waals surface area (Å²) in [7, 11) is 0. The molecule has 2 aromatic carbocycles. The number of amides is 1. The molecule has 1 aliphatic rings. The lowest BCUT2D eigenvalue weighted by Crippen LogP contribution is -2.37. The fraction of sp³-hybridized carbons (Fsp3) is 0.333. The minimum Gasteiger partial charge on any atom is -0.378 e. The number of para-hydroxylation sites is 1. The number of ether oxygens (including phenoxy) is 1. The van der Waals surface area contributed by atoms with Gasteiger partial charge in [-0.2, -0.15) is 0 Å². The fourth-order valence-electron chi connectivity index (χ4n) is 5.01. The van der Waals surface area contributed by atoms with Crippen LogP contribution in [0.1, 0.15) is 40.9 Å². The normalized spacial score (nSPS) is 13.9. The zero-order valence-corrected chi connectivity index (χ0v) is 20.6. The number of nitrogens with two attached hydrogens (primary N) is 1. The highest BCUT2D eigenvalue weighted by atomic mass is 16.5. The number of anilines is 1. The Bertz CT molecular complexity index is 1480. The van der Waals surface area contributed by atoms with Gasteiger partial charge in [0, 0.05) is 35.7 Å². The second-order valence-corrected chi connectivity index (χ2v) is 8.95. The minimum absolute atomic E-state index is 0.0390. The molecular weight excluding hydrogens is 456 g/mol. The summed E-state index contributed by atoms with van der Waals surface area (Å²) >= 11 is 0. The molecule has 3 N–H and O–H groups in total. The first-order valence-electron chi connectivity index (χ1n) is 12.3. The number of aromatic amines is 1. The molecule has 36 heavy (non-hydrogen) atoms. The Hall–Kier alpha value is -3.98. The second kappa shape index (κ2) is 9.94. The topological polar surface area (TPSA) is 119 Å². The Morgan fingerprint density at radius 1 is 1.11 bits per heavy atom. The van der Waals surface area contributed by atoms with Crippen LogP contribution in [0.25, 0.3) is 22.2 Å². The van der Waals surface area contributed by atoms with E-state index in [1.165, 1.54) is 0 Å². The Balaban J connectivity index is 1.55. The molecule has 0 spiro atoms. The first-order valence-corrected chi connectivity index (χ1v) is 12.3. The summed E-state index contributed by atoms with van der Waals surface area (Å²) in [6, 6.07) is 11.1. The van der Waals surface area contributed by atoms with Crippen LogP contribution >= 0.6 is 0 Å². The van der Waals surface area contributed by atoms with Crippen LogP contribution in [0, 0.1) is 0 Å². The molecule has 0 aliphatic carbocycles. The van der Waals surface area contributed by atoms with Gasteiger partial charge in [-0.3, -0.25) is 9.59 Å². The lowest BCUT2D eigenvalue weighted by atomic mass is 9.92. The monoisotopic (exact) mass is 486 g/mol. The van der Waals surface area contributed by atoms with E-state index < -0.39 is 5.91 Å². The predicted octanol–water partition coefficient (Wildman–Crippen LogP) is 2.90. The van der Waals surface area contributed by atoms with Crippen molar-refractivity contribution < 1.29 is 9.53 Å². The van der Waals surface area contributed by atoms with Crippen LogP contribution in [0.3, 0.4) is 0 Å². The third kappa shape index (κ3) is 4.37. The average Bonchev–Trinajstić information content (AvgIpc) is 3.36. The number of carbonyl (C=O) groups excluding carboxylic acids is 1. The molecular formula is C27H30N6O3. The Labute approximate surface area is 208 Å². The quantitative estimate of drug-likeness (QED) is 0.415. The number of H-pyrrole nitrogens is 1. The largest absolute Gasteiger partial charge is 0.378 e. The van der Waals surface area contributed by atoms with Gasteiger partial charge in [-0.1, -0.05) is 37.3 Å². The van der Waals surface area contributed by atoms with Crippen molar-refractivity contribution >= 4 is 22.6 Å². The molecule has 3 heterocycles. The van der Waals surface area contributed by atoms with E-state index in [9.17, 15) is 9.59 Å². The van der Waals surface area contributed by atoms with Crippen molar-refractivity contribution in [1.29, 1.82) is 0 Å². The van der Waals surface area contributed by atoms with Crippen molar-refractivity contribution in [2.24, 2.45) is 5.73 Å². The maximum absolute atomic E-state index is 12.9. The Kier molecular flexibility index (Phi) is 6.56. The number of fused-ring (bicyclic) bond motifs is 1. The first kappa shape index (κ1) is 23.7. The molecule has 2 aromatic heterocycles. The maximum Gasteiger partial charge on any atom is 0.248 e. The number of primary amides is 1. The van der Waals surface area contributed by atoms with E-state index in [1.54, 1.807) is 10.7 Å². The smallest absolute Gasteiger partial charge is 0.248 e.